The van der Waals surface area contributed by atoms with Gasteiger partial charge in [-0.2, -0.15) is 5.10 Å². The molecular formula is C19H24N4O3. The van der Waals surface area contributed by atoms with E-state index in [0.29, 0.717) is 18.2 Å². The van der Waals surface area contributed by atoms with Gasteiger partial charge in [0.15, 0.2) is 0 Å². The van der Waals surface area contributed by atoms with E-state index in [1.54, 1.807) is 11.0 Å². The van der Waals surface area contributed by atoms with Crippen molar-refractivity contribution < 1.29 is 9.72 Å². The van der Waals surface area contributed by atoms with Gasteiger partial charge >= 0.3 is 0 Å². The highest BCUT2D eigenvalue weighted by Gasteiger charge is 2.28. The van der Waals surface area contributed by atoms with Gasteiger partial charge in [0.25, 0.3) is 5.69 Å². The van der Waals surface area contributed by atoms with E-state index in [2.05, 4.69) is 18.9 Å². The summed E-state index contributed by atoms with van der Waals surface area (Å²) in [6, 6.07) is 4.75. The van der Waals surface area contributed by atoms with Crippen molar-refractivity contribution in [2.24, 2.45) is 5.92 Å². The maximum Gasteiger partial charge on any atom is 0.271 e. The van der Waals surface area contributed by atoms with Crippen molar-refractivity contribution in [3.63, 3.8) is 0 Å². The Labute approximate surface area is 152 Å². The van der Waals surface area contributed by atoms with Crippen LogP contribution in [-0.2, 0) is 24.2 Å². The van der Waals surface area contributed by atoms with Crippen LogP contribution in [0.5, 0.6) is 0 Å². The average Bonchev–Trinajstić information content (AvgIpc) is 3.10. The van der Waals surface area contributed by atoms with Crippen LogP contribution >= 0.6 is 0 Å². The number of benzene rings is 1. The second kappa shape index (κ2) is 6.90. The predicted molar refractivity (Wildman–Crippen MR) is 99.4 cm³/mol. The highest BCUT2D eigenvalue weighted by molar-refractivity contribution is 5.97. The van der Waals surface area contributed by atoms with Crippen LogP contribution in [0.2, 0.25) is 0 Å². The monoisotopic (exact) mass is 356 g/mol. The number of carbonyl (C=O) groups is 1. The Morgan fingerprint density at radius 2 is 2.08 bits per heavy atom. The Balaban J connectivity index is 1.84. The molecule has 138 valence electrons. The number of fused-ring (bicyclic) bond motifs is 1. The van der Waals surface area contributed by atoms with Crippen LogP contribution < -0.4 is 4.90 Å². The van der Waals surface area contributed by atoms with Gasteiger partial charge in [0, 0.05) is 36.5 Å². The number of non-ortho nitro benzene ring substituents is 1. The number of aryl methyl sites for hydroxylation is 1. The van der Waals surface area contributed by atoms with Crippen LogP contribution in [0.3, 0.4) is 0 Å². The molecule has 7 heteroatoms. The fraction of sp³-hybridized carbons (Fsp3) is 0.474. The van der Waals surface area contributed by atoms with Gasteiger partial charge in [-0.1, -0.05) is 19.9 Å². The standard InChI is InChI=1S/C19H24N4O3/c1-12(2)11-22-14(4)17(13(3)20-22)10-19(24)21-8-7-15-5-6-16(23(25)26)9-18(15)21/h5-6,9,12H,7-8,10-11H2,1-4H3. The smallest absolute Gasteiger partial charge is 0.271 e. The molecular weight excluding hydrogens is 332 g/mol. The lowest BCUT2D eigenvalue weighted by atomic mass is 10.1. The van der Waals surface area contributed by atoms with Crippen LogP contribution in [-0.4, -0.2) is 27.2 Å². The number of nitrogens with zero attached hydrogens (tertiary/aromatic N) is 4. The van der Waals surface area contributed by atoms with Gasteiger partial charge in [-0.25, -0.2) is 0 Å². The number of nitro groups is 1. The topological polar surface area (TPSA) is 81.3 Å². The summed E-state index contributed by atoms with van der Waals surface area (Å²) in [5.41, 5.74) is 4.50. The molecule has 1 amide bonds. The van der Waals surface area contributed by atoms with Crippen molar-refractivity contribution >= 4 is 17.3 Å². The maximum absolute atomic E-state index is 12.9. The molecule has 0 spiro atoms. The van der Waals surface area contributed by atoms with Crippen molar-refractivity contribution in [1.82, 2.24) is 9.78 Å². The number of rotatable bonds is 5. The fourth-order valence-electron chi connectivity index (χ4n) is 3.50. The highest BCUT2D eigenvalue weighted by atomic mass is 16.6. The third-order valence-corrected chi connectivity index (χ3v) is 4.87. The second-order valence-corrected chi connectivity index (χ2v) is 7.27. The molecule has 7 nitrogen and oxygen atoms in total. The lowest BCUT2D eigenvalue weighted by molar-refractivity contribution is -0.384. The highest BCUT2D eigenvalue weighted by Crippen LogP contribution is 2.32. The molecule has 1 aromatic heterocycles. The van der Waals surface area contributed by atoms with E-state index in [9.17, 15) is 14.9 Å². The molecule has 0 unspecified atom stereocenters. The molecule has 2 heterocycles. The van der Waals surface area contributed by atoms with Gasteiger partial charge in [-0.3, -0.25) is 19.6 Å². The number of anilines is 1. The quantitative estimate of drug-likeness (QED) is 0.608. The van der Waals surface area contributed by atoms with Crippen molar-refractivity contribution in [3.05, 3.63) is 50.8 Å². The summed E-state index contributed by atoms with van der Waals surface area (Å²) in [6.07, 6.45) is 0.988. The van der Waals surface area contributed by atoms with E-state index >= 15 is 0 Å². The summed E-state index contributed by atoms with van der Waals surface area (Å²) in [7, 11) is 0. The van der Waals surface area contributed by atoms with Gasteiger partial charge in [0.2, 0.25) is 5.91 Å². The van der Waals surface area contributed by atoms with E-state index in [-0.39, 0.29) is 18.0 Å². The van der Waals surface area contributed by atoms with Gasteiger partial charge in [0.1, 0.15) is 0 Å². The second-order valence-electron chi connectivity index (χ2n) is 7.27. The lowest BCUT2D eigenvalue weighted by Crippen LogP contribution is -2.30. The van der Waals surface area contributed by atoms with Gasteiger partial charge in [-0.15, -0.1) is 0 Å². The minimum absolute atomic E-state index is 0.0144. The molecule has 0 radical (unpaired) electrons. The van der Waals surface area contributed by atoms with Crippen molar-refractivity contribution in [1.29, 1.82) is 0 Å². The molecule has 0 fully saturated rings. The fourth-order valence-corrected chi connectivity index (χ4v) is 3.50. The summed E-state index contributed by atoms with van der Waals surface area (Å²) in [5, 5.41) is 15.6. The lowest BCUT2D eigenvalue weighted by Gasteiger charge is -2.17. The van der Waals surface area contributed by atoms with Crippen molar-refractivity contribution in [2.75, 3.05) is 11.4 Å². The zero-order valence-corrected chi connectivity index (χ0v) is 15.7. The SMILES string of the molecule is Cc1nn(CC(C)C)c(C)c1CC(=O)N1CCc2ccc([N+](=O)[O-])cc21. The molecule has 0 saturated carbocycles. The Morgan fingerprint density at radius 3 is 2.73 bits per heavy atom. The molecule has 2 aromatic rings. The molecule has 0 atom stereocenters. The van der Waals surface area contributed by atoms with Crippen molar-refractivity contribution in [2.45, 2.75) is 47.1 Å². The summed E-state index contributed by atoms with van der Waals surface area (Å²) < 4.78 is 1.96. The molecule has 1 aliphatic heterocycles. The molecule has 0 aliphatic carbocycles. The van der Waals surface area contributed by atoms with Crippen LogP contribution in [0.1, 0.15) is 36.4 Å². The average molecular weight is 356 g/mol. The third kappa shape index (κ3) is 3.34. The van der Waals surface area contributed by atoms with Crippen LogP contribution in [0.4, 0.5) is 11.4 Å². The first-order chi connectivity index (χ1) is 12.3. The number of hydrogen-bond acceptors (Lipinski definition) is 4. The molecule has 0 bridgehead atoms. The first-order valence-corrected chi connectivity index (χ1v) is 8.88. The first-order valence-electron chi connectivity index (χ1n) is 8.88. The minimum Gasteiger partial charge on any atom is -0.311 e. The number of aromatic nitrogens is 2. The number of nitro benzene ring substituents is 1. The Bertz CT molecular complexity index is 870. The first kappa shape index (κ1) is 18.1. The summed E-state index contributed by atoms with van der Waals surface area (Å²) in [5.74, 6) is 0.433. The van der Waals surface area contributed by atoms with E-state index in [1.165, 1.54) is 12.1 Å². The predicted octanol–water partition coefficient (Wildman–Crippen LogP) is 3.20. The molecule has 1 aliphatic rings. The van der Waals surface area contributed by atoms with E-state index < -0.39 is 4.92 Å². The Kier molecular flexibility index (Phi) is 4.80. The minimum atomic E-state index is -0.425. The maximum atomic E-state index is 12.9. The Hall–Kier alpha value is -2.70. The molecule has 26 heavy (non-hydrogen) atoms. The molecule has 3 rings (SSSR count). The van der Waals surface area contributed by atoms with Crippen LogP contribution in [0, 0.1) is 29.9 Å². The summed E-state index contributed by atoms with van der Waals surface area (Å²) in [6.45, 7) is 9.57. The molecule has 1 aromatic carbocycles. The van der Waals surface area contributed by atoms with Gasteiger partial charge < -0.3 is 4.90 Å². The largest absolute Gasteiger partial charge is 0.311 e. The molecule has 0 saturated heterocycles. The zero-order chi connectivity index (χ0) is 19.0. The summed E-state index contributed by atoms with van der Waals surface area (Å²) in [4.78, 5) is 25.2. The van der Waals surface area contributed by atoms with E-state index in [0.717, 1.165) is 35.5 Å². The van der Waals surface area contributed by atoms with E-state index in [1.807, 2.05) is 18.5 Å². The van der Waals surface area contributed by atoms with Crippen molar-refractivity contribution in [3.8, 4) is 0 Å². The number of hydrogen-bond donors (Lipinski definition) is 0. The van der Waals surface area contributed by atoms with Crippen LogP contribution in [0.15, 0.2) is 18.2 Å². The molecule has 0 N–H and O–H groups in total. The van der Waals surface area contributed by atoms with E-state index in [4.69, 9.17) is 0 Å². The van der Waals surface area contributed by atoms with Crippen LogP contribution in [0.25, 0.3) is 0 Å². The summed E-state index contributed by atoms with van der Waals surface area (Å²) >= 11 is 0. The van der Waals surface area contributed by atoms with Gasteiger partial charge in [0.05, 0.1) is 22.7 Å². The normalized spacial score (nSPS) is 13.3. The number of carbonyl (C=O) groups excluding carboxylic acids is 1. The third-order valence-electron chi connectivity index (χ3n) is 4.87. The Morgan fingerprint density at radius 1 is 1.35 bits per heavy atom. The zero-order valence-electron chi connectivity index (χ0n) is 15.7. The number of amides is 1. The van der Waals surface area contributed by atoms with Gasteiger partial charge in [-0.05, 0) is 31.7 Å².